The Morgan fingerprint density at radius 2 is 0.797 bits per heavy atom. The lowest BCUT2D eigenvalue weighted by atomic mass is 9.80. The third-order valence-electron chi connectivity index (χ3n) is 21.6. The zero-order valence-electron chi connectivity index (χ0n) is 73.2. The van der Waals surface area contributed by atoms with Crippen LogP contribution in [0.1, 0.15) is 20.7 Å². The van der Waals surface area contributed by atoms with Gasteiger partial charge in [-0.25, -0.2) is 19.9 Å². The molecular weight excluding hydrogens is 2090 g/mol. The molecule has 19 nitrogen and oxygen atoms in total. The Morgan fingerprint density at radius 3 is 1.30 bits per heavy atom. The minimum Gasteiger partial charge on any atom is -0.423 e. The summed E-state index contributed by atoms with van der Waals surface area (Å²) in [5, 5.41) is 27.5. The zero-order valence-corrected chi connectivity index (χ0v) is 83.6. The number of nitrogens with two attached hydrogens (primary N) is 2. The number of aromatic nitrogens is 11. The van der Waals surface area contributed by atoms with Gasteiger partial charge in [0, 0.05) is 126 Å². The molecule has 0 fully saturated rings. The second-order valence-corrected chi connectivity index (χ2v) is 38.3. The van der Waals surface area contributed by atoms with Gasteiger partial charge in [-0.2, -0.15) is 0 Å². The maximum atomic E-state index is 15.0. The third-order valence-corrected chi connectivity index (χ3v) is 28.8. The lowest BCUT2D eigenvalue weighted by molar-refractivity contribution is 0.111. The summed E-state index contributed by atoms with van der Waals surface area (Å²) in [6.07, 6.45) is 10.2. The van der Waals surface area contributed by atoms with Crippen molar-refractivity contribution in [3.63, 3.8) is 0 Å². The molecular formula is C109H80BBr4Cl3N13O6P2+. The number of rotatable bonds is 11. The van der Waals surface area contributed by atoms with Crippen molar-refractivity contribution in [2.45, 2.75) is 0 Å². The Bertz CT molecular complexity index is 8200. The predicted octanol–water partition coefficient (Wildman–Crippen LogP) is 25.7. The highest BCUT2D eigenvalue weighted by molar-refractivity contribution is 9.11. The fraction of sp³-hybridized carbons (Fsp3) is 0.00917. The number of fused-ring (bicyclic) bond motifs is 17. The van der Waals surface area contributed by atoms with Crippen molar-refractivity contribution >= 4 is 265 Å². The molecule has 23 aromatic rings. The molecule has 0 aliphatic rings. The van der Waals surface area contributed by atoms with Crippen molar-refractivity contribution < 1.29 is 28.8 Å². The fourth-order valence-corrected chi connectivity index (χ4v) is 20.8. The van der Waals surface area contributed by atoms with Gasteiger partial charge in [0.15, 0.2) is 30.3 Å². The number of nitrogens with one attached hydrogen (secondary N) is 1. The highest BCUT2D eigenvalue weighted by Gasteiger charge is 2.31. The van der Waals surface area contributed by atoms with Gasteiger partial charge in [-0.05, 0) is 204 Å². The molecule has 138 heavy (non-hydrogen) atoms. The van der Waals surface area contributed by atoms with Gasteiger partial charge in [0.2, 0.25) is 0 Å². The standard InChI is InChI=1S/C30H20N3OP.C18H10BrN3.C18H12ClN3.C12H8ClNO.C12H10OP.C6H6BClO2.C6H7BrN2.C6H4BrNO.CH3Br/c34-35(21-10-3-1-4-11-21,22-12-5-2-6-13-22)23-17-18-26-28(20-23)33-27-16-8-7-14-24(27)29-25(30(33)32-26)15-9-19-31-29;19-11-7-8-14-16(10-11)22-15-6-2-1-4-12(15)17-13(18(22)21-14)5-3-9-20-17;19-14-8-2-1-6-12(14)17-13(7-5-11-20-17)18-21-15-9-3-4-10-16(15)22-18;13-11-6-2-1-5-10(11)12-9(8-15)4-3-7-14-12;13-14(11-7-3-1-4-8-11)12-9-5-2-6-10-12;8-6-4-2-1-3-5(6)7(9)10;7-4-1-2-5(8)6(9)3-4;7-6-5(4-9)2-1-3-8-6;1-2/h1-20H;1-10H;1-11H,(H,21,22);1-8H;1-10H;1-4,9-10H;1-3H,8-9H2;1-4H;1H3/q;;;;+1;;;;. The summed E-state index contributed by atoms with van der Waals surface area (Å²) in [7, 11) is -6.00. The summed E-state index contributed by atoms with van der Waals surface area (Å²) in [6, 6.07) is 121. The zero-order chi connectivity index (χ0) is 96.6. The van der Waals surface area contributed by atoms with Crippen molar-refractivity contribution in [1.82, 2.24) is 53.7 Å². The third kappa shape index (κ3) is 22.8. The van der Waals surface area contributed by atoms with E-state index < -0.39 is 22.1 Å². The number of nitrogens with zero attached hydrogens (tertiary/aromatic N) is 10. The lowest BCUT2D eigenvalue weighted by Gasteiger charge is -2.20. The molecule has 0 bridgehead atoms. The number of aromatic amines is 1. The van der Waals surface area contributed by atoms with E-state index in [-0.39, 0.29) is 0 Å². The van der Waals surface area contributed by atoms with Gasteiger partial charge >= 0.3 is 14.9 Å². The summed E-state index contributed by atoms with van der Waals surface area (Å²) in [6.45, 7) is 0. The number of carbonyl (C=O) groups is 2. The van der Waals surface area contributed by atoms with Gasteiger partial charge in [0.05, 0.1) is 77.9 Å². The smallest absolute Gasteiger partial charge is 0.423 e. The van der Waals surface area contributed by atoms with E-state index in [0.717, 1.165) is 164 Å². The van der Waals surface area contributed by atoms with Gasteiger partial charge in [0.1, 0.15) is 21.7 Å². The van der Waals surface area contributed by atoms with Gasteiger partial charge in [-0.1, -0.05) is 287 Å². The number of pyridine rings is 7. The first-order valence-corrected chi connectivity index (χ1v) is 50.7. The Kier molecular flexibility index (Phi) is 33.7. The number of hydrogen-bond acceptors (Lipinski definition) is 16. The molecule has 0 aliphatic carbocycles. The molecule has 7 N–H and O–H groups in total. The Morgan fingerprint density at radius 1 is 0.377 bits per heavy atom. The Labute approximate surface area is 843 Å². The van der Waals surface area contributed by atoms with Crippen LogP contribution in [0.25, 0.3) is 122 Å². The summed E-state index contributed by atoms with van der Waals surface area (Å²) in [5.74, 6) is 2.61. The maximum absolute atomic E-state index is 15.0. The van der Waals surface area contributed by atoms with Crippen molar-refractivity contribution in [2.75, 3.05) is 17.3 Å². The topological polar surface area (TPSA) is 289 Å². The number of anilines is 2. The van der Waals surface area contributed by atoms with Crippen LogP contribution in [-0.2, 0) is 9.13 Å². The van der Waals surface area contributed by atoms with Crippen molar-refractivity contribution in [1.29, 1.82) is 0 Å². The summed E-state index contributed by atoms with van der Waals surface area (Å²) in [4.78, 5) is 60.6. The SMILES string of the molecule is Brc1ccc2nc3c4cccnc4c4ccccc4n3c2c1.CBr.Clc1ccccc1-c1ncccc1-c1nc2ccccc2[nH]1.Nc1ccc(Br)cc1N.O=Cc1cccnc1-c1ccccc1Cl.O=Cc1cccnc1Br.O=P(c1ccccc1)(c1ccccc1)c1ccc2nc3c4cccnc4c4ccccc4n3c2c1.O=[P+](c1ccccc1)c1ccccc1.OB(O)c1ccccc1Cl. The van der Waals surface area contributed by atoms with Crippen LogP contribution in [0.2, 0.25) is 15.1 Å². The van der Waals surface area contributed by atoms with Gasteiger partial charge < -0.3 is 31.1 Å². The van der Waals surface area contributed by atoms with Crippen LogP contribution in [0.4, 0.5) is 11.4 Å². The Hall–Kier alpha value is -13.9. The predicted molar refractivity (Wildman–Crippen MR) is 584 cm³/mol. The van der Waals surface area contributed by atoms with Gasteiger partial charge in [-0.3, -0.25) is 38.3 Å². The molecule has 0 radical (unpaired) electrons. The first-order chi connectivity index (χ1) is 67.4. The van der Waals surface area contributed by atoms with Crippen LogP contribution >= 0.6 is 113 Å². The van der Waals surface area contributed by atoms with E-state index in [1.54, 1.807) is 85.3 Å². The molecule has 23 rings (SSSR count). The number of imidazole rings is 3. The number of alkyl halides is 1. The summed E-state index contributed by atoms with van der Waals surface area (Å²) in [5.41, 5.74) is 29.4. The first kappa shape index (κ1) is 98.6. The minimum absolute atomic E-state index is 0.337. The van der Waals surface area contributed by atoms with Crippen molar-refractivity contribution in [3.8, 4) is 33.9 Å². The van der Waals surface area contributed by atoms with Crippen LogP contribution in [0.3, 0.4) is 0 Å². The number of nitrogen functional groups attached to an aromatic ring is 2. The van der Waals surface area contributed by atoms with E-state index in [9.17, 15) is 18.7 Å². The normalized spacial score (nSPS) is 10.7. The maximum Gasteiger partial charge on any atom is 0.489 e. The number of carbonyl (C=O) groups excluding carboxylic acids is 2. The molecule has 0 atom stereocenters. The van der Waals surface area contributed by atoms with Crippen LogP contribution in [0, 0.1) is 0 Å². The highest BCUT2D eigenvalue weighted by atomic mass is 79.9. The van der Waals surface area contributed by atoms with Crippen LogP contribution in [-0.4, -0.2) is 89.2 Å². The molecule has 0 saturated carbocycles. The second-order valence-electron chi connectivity index (χ2n) is 30.1. The summed E-state index contributed by atoms with van der Waals surface area (Å²) >= 11 is 30.8. The lowest BCUT2D eigenvalue weighted by Crippen LogP contribution is -2.30. The number of hydrogen-bond donors (Lipinski definition) is 5. The minimum atomic E-state index is -3.10. The van der Waals surface area contributed by atoms with E-state index in [2.05, 4.69) is 168 Å². The molecule has 0 spiro atoms. The number of para-hydroxylation sites is 4. The highest BCUT2D eigenvalue weighted by Crippen LogP contribution is 2.44. The number of halogens is 7. The van der Waals surface area contributed by atoms with Crippen molar-refractivity contribution in [3.05, 3.63) is 453 Å². The van der Waals surface area contributed by atoms with Gasteiger partial charge in [-0.15, -0.1) is 0 Å². The molecule has 0 aliphatic heterocycles. The average molecular weight is 2170 g/mol. The number of benzene rings is 13. The van der Waals surface area contributed by atoms with Crippen molar-refractivity contribution in [2.24, 2.45) is 0 Å². The Balaban J connectivity index is 0.000000125. The molecule has 0 unspecified atom stereocenters. The first-order valence-electron chi connectivity index (χ1n) is 42.6. The van der Waals surface area contributed by atoms with Crippen LogP contribution < -0.4 is 43.5 Å². The molecule has 0 amide bonds. The number of aldehydes is 2. The second kappa shape index (κ2) is 47.2. The molecule has 0 saturated heterocycles. The molecule has 13 aromatic carbocycles. The van der Waals surface area contributed by atoms with E-state index in [1.807, 2.05) is 273 Å². The van der Waals surface area contributed by atoms with E-state index in [1.165, 1.54) is 0 Å². The van der Waals surface area contributed by atoms with Crippen LogP contribution in [0.5, 0.6) is 0 Å². The van der Waals surface area contributed by atoms with E-state index >= 15 is 0 Å². The monoisotopic (exact) mass is 2160 g/mol. The van der Waals surface area contributed by atoms with E-state index in [4.69, 9.17) is 66.3 Å². The number of H-pyrrole nitrogens is 1. The summed E-state index contributed by atoms with van der Waals surface area (Å²) < 4.78 is 34.0. The molecule has 678 valence electrons. The molecule has 10 heterocycles. The fourth-order valence-electron chi connectivity index (χ4n) is 15.1. The average Bonchev–Trinajstić information content (AvgIpc) is 1.56. The van der Waals surface area contributed by atoms with Crippen LogP contribution in [0.15, 0.2) is 427 Å². The largest absolute Gasteiger partial charge is 0.489 e. The van der Waals surface area contributed by atoms with Gasteiger partial charge in [0.25, 0.3) is 0 Å². The quantitative estimate of drug-likeness (QED) is 0.0153. The van der Waals surface area contributed by atoms with E-state index in [0.29, 0.717) is 53.3 Å². The molecule has 10 aromatic heterocycles. The molecule has 29 heteroatoms.